The summed E-state index contributed by atoms with van der Waals surface area (Å²) >= 11 is 0. The molecule has 0 saturated carbocycles. The Hall–Kier alpha value is -3.66. The van der Waals surface area contributed by atoms with Crippen LogP contribution < -0.4 is 10.9 Å². The van der Waals surface area contributed by atoms with Crippen LogP contribution in [0.2, 0.25) is 0 Å². The molecule has 1 saturated heterocycles. The number of halogens is 1. The molecule has 0 bridgehead atoms. The topological polar surface area (TPSA) is 99.8 Å². The summed E-state index contributed by atoms with van der Waals surface area (Å²) in [5.41, 5.74) is 0.372. The van der Waals surface area contributed by atoms with Gasteiger partial charge in [-0.05, 0) is 30.3 Å². The van der Waals surface area contributed by atoms with E-state index in [1.54, 1.807) is 35.3 Å². The molecule has 10 heteroatoms. The fraction of sp³-hybridized carbons (Fsp3) is 0.211. The third-order valence-corrected chi connectivity index (χ3v) is 4.83. The highest BCUT2D eigenvalue weighted by Crippen LogP contribution is 2.25. The molecule has 1 N–H and O–H groups in total. The normalized spacial score (nSPS) is 18.9. The number of benzene rings is 1. The summed E-state index contributed by atoms with van der Waals surface area (Å²) in [6, 6.07) is 8.53. The van der Waals surface area contributed by atoms with Crippen molar-refractivity contribution in [3.05, 3.63) is 71.3 Å². The van der Waals surface area contributed by atoms with Crippen LogP contribution in [0.4, 0.5) is 10.2 Å². The number of nitrogens with one attached hydrogen (secondary N) is 1. The van der Waals surface area contributed by atoms with E-state index < -0.39 is 0 Å². The van der Waals surface area contributed by atoms with Crippen molar-refractivity contribution in [3.8, 4) is 5.82 Å². The molecule has 0 amide bonds. The Morgan fingerprint density at radius 3 is 2.97 bits per heavy atom. The molecule has 3 aromatic heterocycles. The van der Waals surface area contributed by atoms with Gasteiger partial charge in [0.25, 0.3) is 5.56 Å². The zero-order chi connectivity index (χ0) is 19.8. The van der Waals surface area contributed by atoms with Gasteiger partial charge in [-0.1, -0.05) is 0 Å². The van der Waals surface area contributed by atoms with Crippen molar-refractivity contribution in [1.82, 2.24) is 29.5 Å². The van der Waals surface area contributed by atoms with Crippen LogP contribution >= 0.6 is 0 Å². The van der Waals surface area contributed by atoms with Gasteiger partial charge in [0.2, 0.25) is 0 Å². The van der Waals surface area contributed by atoms with Crippen molar-refractivity contribution in [2.24, 2.45) is 0 Å². The van der Waals surface area contributed by atoms with Gasteiger partial charge < -0.3 is 10.1 Å². The van der Waals surface area contributed by atoms with Crippen molar-refractivity contribution >= 4 is 16.7 Å². The van der Waals surface area contributed by atoms with Gasteiger partial charge in [-0.25, -0.2) is 23.7 Å². The van der Waals surface area contributed by atoms with Crippen molar-refractivity contribution in [2.45, 2.75) is 12.1 Å². The Labute approximate surface area is 163 Å². The lowest BCUT2D eigenvalue weighted by Crippen LogP contribution is -2.37. The van der Waals surface area contributed by atoms with Gasteiger partial charge in [0.05, 0.1) is 24.8 Å². The standard InChI is InChI=1S/C19H16FN7O2/c20-12-2-3-14-13(8-12)19(22-11-21-14)24-15-9-29-10-16(15)27-18(28)5-4-17(25-27)26-7-1-6-23-26/h1-8,11,15-16H,9-10H2,(H,21,22,24). The van der Waals surface area contributed by atoms with E-state index in [4.69, 9.17) is 4.74 Å². The molecule has 0 aliphatic carbocycles. The average Bonchev–Trinajstić information content (AvgIpc) is 3.41. The molecule has 1 aliphatic heterocycles. The second-order valence-electron chi connectivity index (χ2n) is 6.66. The number of ether oxygens (including phenoxy) is 1. The summed E-state index contributed by atoms with van der Waals surface area (Å²) < 4.78 is 22.3. The lowest BCUT2D eigenvalue weighted by atomic mass is 10.1. The van der Waals surface area contributed by atoms with Crippen LogP contribution in [0.5, 0.6) is 0 Å². The van der Waals surface area contributed by atoms with E-state index in [2.05, 4.69) is 25.5 Å². The maximum absolute atomic E-state index is 13.7. The zero-order valence-corrected chi connectivity index (χ0v) is 15.1. The van der Waals surface area contributed by atoms with E-state index >= 15 is 0 Å². The van der Waals surface area contributed by atoms with Crippen molar-refractivity contribution in [2.75, 3.05) is 18.5 Å². The zero-order valence-electron chi connectivity index (χ0n) is 15.1. The molecule has 1 aliphatic rings. The number of fused-ring (bicyclic) bond motifs is 1. The second kappa shape index (κ2) is 7.06. The van der Waals surface area contributed by atoms with Gasteiger partial charge in [-0.3, -0.25) is 4.79 Å². The van der Waals surface area contributed by atoms with Crippen LogP contribution in [0.25, 0.3) is 16.7 Å². The smallest absolute Gasteiger partial charge is 0.267 e. The number of hydrogen-bond donors (Lipinski definition) is 1. The molecule has 2 atom stereocenters. The quantitative estimate of drug-likeness (QED) is 0.562. The van der Waals surface area contributed by atoms with E-state index in [9.17, 15) is 9.18 Å². The van der Waals surface area contributed by atoms with Gasteiger partial charge in [-0.2, -0.15) is 5.10 Å². The third-order valence-electron chi connectivity index (χ3n) is 4.83. The highest BCUT2D eigenvalue weighted by molar-refractivity contribution is 5.88. The van der Waals surface area contributed by atoms with E-state index in [-0.39, 0.29) is 23.5 Å². The molecule has 0 radical (unpaired) electrons. The Kier molecular flexibility index (Phi) is 4.24. The Balaban J connectivity index is 1.50. The lowest BCUT2D eigenvalue weighted by molar-refractivity contribution is 0.182. The fourth-order valence-electron chi connectivity index (χ4n) is 3.42. The summed E-state index contributed by atoms with van der Waals surface area (Å²) in [7, 11) is 0. The monoisotopic (exact) mass is 393 g/mol. The summed E-state index contributed by atoms with van der Waals surface area (Å²) in [4.78, 5) is 20.9. The summed E-state index contributed by atoms with van der Waals surface area (Å²) in [5.74, 6) is 0.625. The molecular weight excluding hydrogens is 377 g/mol. The average molecular weight is 393 g/mol. The van der Waals surface area contributed by atoms with Crippen LogP contribution in [0, 0.1) is 5.82 Å². The predicted octanol–water partition coefficient (Wildman–Crippen LogP) is 1.56. The van der Waals surface area contributed by atoms with Gasteiger partial charge >= 0.3 is 0 Å². The molecule has 4 heterocycles. The number of anilines is 1. The van der Waals surface area contributed by atoms with Gasteiger partial charge in [0.15, 0.2) is 5.82 Å². The minimum absolute atomic E-state index is 0.248. The largest absolute Gasteiger partial charge is 0.377 e. The molecule has 9 nitrogen and oxygen atoms in total. The highest BCUT2D eigenvalue weighted by atomic mass is 19.1. The van der Waals surface area contributed by atoms with Crippen LogP contribution in [-0.4, -0.2) is 48.8 Å². The molecule has 1 aromatic carbocycles. The molecule has 146 valence electrons. The second-order valence-corrected chi connectivity index (χ2v) is 6.66. The summed E-state index contributed by atoms with van der Waals surface area (Å²) in [6.07, 6.45) is 4.80. The molecule has 1 fully saturated rings. The Morgan fingerprint density at radius 2 is 2.10 bits per heavy atom. The molecule has 4 aromatic rings. The molecule has 5 rings (SSSR count). The number of nitrogens with zero attached hydrogens (tertiary/aromatic N) is 6. The molecule has 0 spiro atoms. The lowest BCUT2D eigenvalue weighted by Gasteiger charge is -2.21. The minimum Gasteiger partial charge on any atom is -0.377 e. The van der Waals surface area contributed by atoms with Crippen molar-refractivity contribution in [3.63, 3.8) is 0 Å². The third kappa shape index (κ3) is 3.23. The van der Waals surface area contributed by atoms with Gasteiger partial charge in [0.1, 0.15) is 24.0 Å². The van der Waals surface area contributed by atoms with Crippen LogP contribution in [-0.2, 0) is 4.74 Å². The summed E-state index contributed by atoms with van der Waals surface area (Å²) in [6.45, 7) is 0.663. The Bertz CT molecular complexity index is 1220. The van der Waals surface area contributed by atoms with Gasteiger partial charge in [0, 0.05) is 23.8 Å². The summed E-state index contributed by atoms with van der Waals surface area (Å²) in [5, 5.41) is 12.4. The maximum atomic E-state index is 13.7. The minimum atomic E-state index is -0.376. The number of aromatic nitrogens is 6. The van der Waals surface area contributed by atoms with E-state index in [0.29, 0.717) is 35.8 Å². The van der Waals surface area contributed by atoms with Crippen molar-refractivity contribution < 1.29 is 9.13 Å². The van der Waals surface area contributed by atoms with E-state index in [0.717, 1.165) is 0 Å². The molecule has 2 unspecified atom stereocenters. The Morgan fingerprint density at radius 1 is 1.17 bits per heavy atom. The highest BCUT2D eigenvalue weighted by Gasteiger charge is 2.32. The van der Waals surface area contributed by atoms with Crippen molar-refractivity contribution in [1.29, 1.82) is 0 Å². The van der Waals surface area contributed by atoms with Gasteiger partial charge in [-0.15, -0.1) is 5.10 Å². The number of hydrogen-bond acceptors (Lipinski definition) is 7. The first-order valence-corrected chi connectivity index (χ1v) is 9.03. The van der Waals surface area contributed by atoms with Crippen LogP contribution in [0.3, 0.4) is 0 Å². The maximum Gasteiger partial charge on any atom is 0.267 e. The first-order valence-electron chi connectivity index (χ1n) is 9.03. The first-order chi connectivity index (χ1) is 14.2. The molecule has 29 heavy (non-hydrogen) atoms. The molecular formula is C19H16FN7O2. The predicted molar refractivity (Wildman–Crippen MR) is 102 cm³/mol. The van der Waals surface area contributed by atoms with E-state index in [1.165, 1.54) is 29.2 Å². The first kappa shape index (κ1) is 17.4. The van der Waals surface area contributed by atoms with Crippen LogP contribution in [0.15, 0.2) is 59.9 Å². The van der Waals surface area contributed by atoms with Crippen LogP contribution in [0.1, 0.15) is 6.04 Å². The van der Waals surface area contributed by atoms with E-state index in [1.807, 2.05) is 0 Å². The number of rotatable bonds is 4. The SMILES string of the molecule is O=c1ccc(-n2cccn2)nn1C1COCC1Nc1ncnc2ccc(F)cc12. The fourth-order valence-corrected chi connectivity index (χ4v) is 3.42.